The number of carbonyl (C=O) groups is 1. The van der Waals surface area contributed by atoms with Gasteiger partial charge in [0.2, 0.25) is 5.91 Å². The van der Waals surface area contributed by atoms with Gasteiger partial charge in [0.1, 0.15) is 9.84 Å². The molecule has 0 saturated heterocycles. The van der Waals surface area contributed by atoms with Crippen LogP contribution >= 0.6 is 15.9 Å². The summed E-state index contributed by atoms with van der Waals surface area (Å²) in [6.45, 7) is 0.354. The van der Waals surface area contributed by atoms with Crippen LogP contribution in [0.15, 0.2) is 28.7 Å². The Labute approximate surface area is 115 Å². The van der Waals surface area contributed by atoms with Crippen LogP contribution in [-0.2, 0) is 14.6 Å². The van der Waals surface area contributed by atoms with Crippen molar-refractivity contribution in [3.63, 3.8) is 0 Å². The minimum atomic E-state index is -2.99. The maximum atomic E-state index is 11.5. The summed E-state index contributed by atoms with van der Waals surface area (Å²) in [6, 6.07) is 7.24. The Morgan fingerprint density at radius 3 is 2.72 bits per heavy atom. The molecular weight excluding hydrogens is 320 g/mol. The van der Waals surface area contributed by atoms with Crippen molar-refractivity contribution in [1.82, 2.24) is 5.32 Å². The van der Waals surface area contributed by atoms with Gasteiger partial charge >= 0.3 is 0 Å². The summed E-state index contributed by atoms with van der Waals surface area (Å²) in [5.74, 6) is -0.182. The molecule has 1 aromatic rings. The molecule has 1 rings (SSSR count). The Bertz CT molecular complexity index is 517. The summed E-state index contributed by atoms with van der Waals surface area (Å²) in [7, 11) is -2.99. The molecule has 0 unspecified atom stereocenters. The number of sulfone groups is 1. The molecule has 0 aliphatic rings. The monoisotopic (exact) mass is 334 g/mol. The maximum absolute atomic E-state index is 11.5. The standard InChI is InChI=1S/C11H15BrN2O3S/c1-18(16,17)6-5-13-8-11(15)14-10-4-2-3-9(12)7-10/h2-4,7,13H,5-6,8H2,1H3,(H,14,15). The van der Waals surface area contributed by atoms with E-state index >= 15 is 0 Å². The number of amides is 1. The summed E-state index contributed by atoms with van der Waals surface area (Å²) in [5, 5.41) is 5.47. The number of halogens is 1. The van der Waals surface area contributed by atoms with Crippen LogP contribution in [0.1, 0.15) is 0 Å². The van der Waals surface area contributed by atoms with Gasteiger partial charge in [0.05, 0.1) is 12.3 Å². The van der Waals surface area contributed by atoms with E-state index in [-0.39, 0.29) is 24.7 Å². The quantitative estimate of drug-likeness (QED) is 0.761. The minimum Gasteiger partial charge on any atom is -0.325 e. The van der Waals surface area contributed by atoms with E-state index in [2.05, 4.69) is 26.6 Å². The van der Waals surface area contributed by atoms with E-state index in [4.69, 9.17) is 0 Å². The molecule has 2 N–H and O–H groups in total. The molecule has 0 aliphatic carbocycles. The molecule has 0 spiro atoms. The molecule has 0 saturated carbocycles. The van der Waals surface area contributed by atoms with Crippen LogP contribution in [0.2, 0.25) is 0 Å². The first-order valence-electron chi connectivity index (χ1n) is 5.31. The van der Waals surface area contributed by atoms with E-state index in [1.165, 1.54) is 0 Å². The molecular formula is C11H15BrN2O3S. The van der Waals surface area contributed by atoms with Crippen molar-refractivity contribution < 1.29 is 13.2 Å². The zero-order valence-electron chi connectivity index (χ0n) is 9.94. The van der Waals surface area contributed by atoms with Crippen LogP contribution < -0.4 is 10.6 Å². The summed E-state index contributed by atoms with van der Waals surface area (Å²) < 4.78 is 22.6. The van der Waals surface area contributed by atoms with Gasteiger partial charge in [-0.2, -0.15) is 0 Å². The molecule has 0 bridgehead atoms. The fourth-order valence-corrected chi connectivity index (χ4v) is 2.15. The first kappa shape index (κ1) is 15.1. The molecule has 0 fully saturated rings. The van der Waals surface area contributed by atoms with Crippen molar-refractivity contribution in [3.05, 3.63) is 28.7 Å². The normalized spacial score (nSPS) is 11.2. The van der Waals surface area contributed by atoms with Crippen molar-refractivity contribution in [2.24, 2.45) is 0 Å². The van der Waals surface area contributed by atoms with Crippen molar-refractivity contribution in [2.45, 2.75) is 0 Å². The number of anilines is 1. The molecule has 1 aromatic carbocycles. The van der Waals surface area contributed by atoms with E-state index in [1.54, 1.807) is 12.1 Å². The van der Waals surface area contributed by atoms with Gasteiger partial charge in [-0.1, -0.05) is 22.0 Å². The van der Waals surface area contributed by atoms with Gasteiger partial charge in [0.15, 0.2) is 0 Å². The summed E-state index contributed by atoms with van der Waals surface area (Å²) >= 11 is 3.30. The summed E-state index contributed by atoms with van der Waals surface area (Å²) in [4.78, 5) is 11.5. The third-order valence-electron chi connectivity index (χ3n) is 2.04. The fraction of sp³-hybridized carbons (Fsp3) is 0.364. The zero-order chi connectivity index (χ0) is 13.6. The highest BCUT2D eigenvalue weighted by molar-refractivity contribution is 9.10. The number of hydrogen-bond acceptors (Lipinski definition) is 4. The van der Waals surface area contributed by atoms with Gasteiger partial charge in [-0.15, -0.1) is 0 Å². The van der Waals surface area contributed by atoms with Crippen LogP contribution in [0.25, 0.3) is 0 Å². The molecule has 0 aliphatic heterocycles. The van der Waals surface area contributed by atoms with E-state index < -0.39 is 9.84 Å². The van der Waals surface area contributed by atoms with Gasteiger partial charge in [-0.3, -0.25) is 4.79 Å². The second kappa shape index (κ2) is 6.86. The van der Waals surface area contributed by atoms with Gasteiger partial charge < -0.3 is 10.6 Å². The highest BCUT2D eigenvalue weighted by atomic mass is 79.9. The molecule has 0 aromatic heterocycles. The van der Waals surface area contributed by atoms with Crippen LogP contribution in [0.3, 0.4) is 0 Å². The highest BCUT2D eigenvalue weighted by Crippen LogP contribution is 2.15. The lowest BCUT2D eigenvalue weighted by molar-refractivity contribution is -0.115. The second-order valence-corrected chi connectivity index (χ2v) is 7.04. The Hall–Kier alpha value is -0.920. The van der Waals surface area contributed by atoms with E-state index in [1.807, 2.05) is 12.1 Å². The Balaban J connectivity index is 2.30. The van der Waals surface area contributed by atoms with Crippen molar-refractivity contribution >= 4 is 37.4 Å². The van der Waals surface area contributed by atoms with E-state index in [0.717, 1.165) is 10.7 Å². The number of rotatable bonds is 6. The fourth-order valence-electron chi connectivity index (χ4n) is 1.23. The average Bonchev–Trinajstić information content (AvgIpc) is 2.23. The smallest absolute Gasteiger partial charge is 0.238 e. The SMILES string of the molecule is CS(=O)(=O)CCNCC(=O)Nc1cccc(Br)c1. The van der Waals surface area contributed by atoms with Gasteiger partial charge in [0.25, 0.3) is 0 Å². The molecule has 1 amide bonds. The van der Waals surface area contributed by atoms with Crippen molar-refractivity contribution in [3.8, 4) is 0 Å². The van der Waals surface area contributed by atoms with Crippen molar-refractivity contribution in [1.29, 1.82) is 0 Å². The predicted octanol–water partition coefficient (Wildman–Crippen LogP) is 1.02. The number of hydrogen-bond donors (Lipinski definition) is 2. The van der Waals surface area contributed by atoms with Crippen LogP contribution in [0, 0.1) is 0 Å². The first-order chi connectivity index (χ1) is 8.37. The minimum absolute atomic E-state index is 0.0250. The number of nitrogens with one attached hydrogen (secondary N) is 2. The largest absolute Gasteiger partial charge is 0.325 e. The second-order valence-electron chi connectivity index (χ2n) is 3.87. The molecule has 0 heterocycles. The Kier molecular flexibility index (Phi) is 5.77. The molecule has 0 radical (unpaired) electrons. The third kappa shape index (κ3) is 6.73. The zero-order valence-corrected chi connectivity index (χ0v) is 12.3. The lowest BCUT2D eigenvalue weighted by atomic mass is 10.3. The Morgan fingerprint density at radius 1 is 1.39 bits per heavy atom. The van der Waals surface area contributed by atoms with E-state index in [0.29, 0.717) is 5.69 Å². The van der Waals surface area contributed by atoms with Crippen molar-refractivity contribution in [2.75, 3.05) is 30.4 Å². The number of carbonyl (C=O) groups excluding carboxylic acids is 1. The molecule has 5 nitrogen and oxygen atoms in total. The van der Waals surface area contributed by atoms with Gasteiger partial charge in [-0.05, 0) is 18.2 Å². The van der Waals surface area contributed by atoms with Gasteiger partial charge in [-0.25, -0.2) is 8.42 Å². The molecule has 18 heavy (non-hydrogen) atoms. The maximum Gasteiger partial charge on any atom is 0.238 e. The van der Waals surface area contributed by atoms with Crippen LogP contribution in [-0.4, -0.2) is 39.4 Å². The van der Waals surface area contributed by atoms with E-state index in [9.17, 15) is 13.2 Å². The van der Waals surface area contributed by atoms with Crippen LogP contribution in [0.5, 0.6) is 0 Å². The lowest BCUT2D eigenvalue weighted by Gasteiger charge is -2.06. The summed E-state index contributed by atoms with van der Waals surface area (Å²) in [5.41, 5.74) is 0.694. The topological polar surface area (TPSA) is 75.3 Å². The highest BCUT2D eigenvalue weighted by Gasteiger charge is 2.04. The lowest BCUT2D eigenvalue weighted by Crippen LogP contribution is -2.31. The molecule has 0 atom stereocenters. The number of benzene rings is 1. The molecule has 7 heteroatoms. The third-order valence-corrected chi connectivity index (χ3v) is 3.48. The molecule has 100 valence electrons. The van der Waals surface area contributed by atoms with Crippen LogP contribution in [0.4, 0.5) is 5.69 Å². The first-order valence-corrected chi connectivity index (χ1v) is 8.16. The predicted molar refractivity (Wildman–Crippen MR) is 75.4 cm³/mol. The average molecular weight is 335 g/mol. The Morgan fingerprint density at radius 2 is 2.11 bits per heavy atom. The van der Waals surface area contributed by atoms with Gasteiger partial charge in [0, 0.05) is 23.0 Å². The summed E-state index contributed by atoms with van der Waals surface area (Å²) in [6.07, 6.45) is 1.16.